The fourth-order valence-corrected chi connectivity index (χ4v) is 2.46. The standard InChI is InChI=1S/C17H20N4O2/c1-12-16(18-9-10-23-12)17(22)21-14-7-8-15(19-11-14)20-13-5-3-2-4-6-13/h2-8,11-12,16,18H,9-10H2,1H3,(H,19,20)(H,21,22)/t12-,16+/m1/s1. The number of hydrogen-bond acceptors (Lipinski definition) is 5. The summed E-state index contributed by atoms with van der Waals surface area (Å²) in [5, 5.41) is 9.22. The van der Waals surface area contributed by atoms with Crippen LogP contribution >= 0.6 is 0 Å². The molecule has 2 heterocycles. The number of anilines is 3. The minimum absolute atomic E-state index is 0.109. The molecule has 23 heavy (non-hydrogen) atoms. The third kappa shape index (κ3) is 4.06. The molecular formula is C17H20N4O2. The summed E-state index contributed by atoms with van der Waals surface area (Å²) in [7, 11) is 0. The first kappa shape index (κ1) is 15.5. The van der Waals surface area contributed by atoms with Crippen molar-refractivity contribution in [3.8, 4) is 0 Å². The van der Waals surface area contributed by atoms with Crippen molar-refractivity contribution in [1.29, 1.82) is 0 Å². The van der Waals surface area contributed by atoms with Crippen LogP contribution in [0.25, 0.3) is 0 Å². The number of amides is 1. The summed E-state index contributed by atoms with van der Waals surface area (Å²) in [6.07, 6.45) is 1.49. The monoisotopic (exact) mass is 312 g/mol. The van der Waals surface area contributed by atoms with E-state index >= 15 is 0 Å². The normalized spacial score (nSPS) is 20.7. The van der Waals surface area contributed by atoms with E-state index in [-0.39, 0.29) is 18.1 Å². The first-order valence-corrected chi connectivity index (χ1v) is 7.66. The molecule has 2 aromatic rings. The first-order valence-electron chi connectivity index (χ1n) is 7.66. The molecule has 6 nitrogen and oxygen atoms in total. The molecule has 3 rings (SSSR count). The van der Waals surface area contributed by atoms with Crippen LogP contribution in [0.2, 0.25) is 0 Å². The summed E-state index contributed by atoms with van der Waals surface area (Å²) in [6.45, 7) is 3.20. The topological polar surface area (TPSA) is 75.3 Å². The van der Waals surface area contributed by atoms with Crippen molar-refractivity contribution in [2.24, 2.45) is 0 Å². The minimum Gasteiger partial charge on any atom is -0.375 e. The van der Waals surface area contributed by atoms with Crippen molar-refractivity contribution < 1.29 is 9.53 Å². The fourth-order valence-electron chi connectivity index (χ4n) is 2.46. The van der Waals surface area contributed by atoms with E-state index in [2.05, 4.69) is 20.9 Å². The lowest BCUT2D eigenvalue weighted by molar-refractivity contribution is -0.123. The van der Waals surface area contributed by atoms with Gasteiger partial charge in [-0.1, -0.05) is 18.2 Å². The SMILES string of the molecule is C[C@H]1OCCN[C@@H]1C(=O)Nc1ccc(Nc2ccccc2)nc1. The van der Waals surface area contributed by atoms with E-state index < -0.39 is 0 Å². The van der Waals surface area contributed by atoms with Crippen LogP contribution in [0.3, 0.4) is 0 Å². The number of para-hydroxylation sites is 1. The van der Waals surface area contributed by atoms with Gasteiger partial charge < -0.3 is 20.7 Å². The average Bonchev–Trinajstić information content (AvgIpc) is 2.58. The largest absolute Gasteiger partial charge is 0.375 e. The fraction of sp³-hybridized carbons (Fsp3) is 0.294. The van der Waals surface area contributed by atoms with Crippen LogP contribution in [-0.2, 0) is 9.53 Å². The number of carbonyl (C=O) groups is 1. The van der Waals surface area contributed by atoms with E-state index in [9.17, 15) is 4.79 Å². The highest BCUT2D eigenvalue weighted by Crippen LogP contribution is 2.16. The molecule has 1 aromatic carbocycles. The summed E-state index contributed by atoms with van der Waals surface area (Å²) in [6, 6.07) is 13.1. The lowest BCUT2D eigenvalue weighted by Gasteiger charge is -2.29. The van der Waals surface area contributed by atoms with E-state index in [0.717, 1.165) is 11.5 Å². The number of hydrogen-bond donors (Lipinski definition) is 3. The molecule has 1 saturated heterocycles. The molecule has 120 valence electrons. The third-order valence-corrected chi connectivity index (χ3v) is 3.68. The summed E-state index contributed by atoms with van der Waals surface area (Å²) in [5.41, 5.74) is 1.63. The zero-order valence-electron chi connectivity index (χ0n) is 13.0. The number of aromatic nitrogens is 1. The Balaban J connectivity index is 1.60. The second-order valence-electron chi connectivity index (χ2n) is 5.42. The van der Waals surface area contributed by atoms with Crippen LogP contribution in [0, 0.1) is 0 Å². The van der Waals surface area contributed by atoms with Crippen LogP contribution in [-0.4, -0.2) is 36.2 Å². The number of benzene rings is 1. The van der Waals surface area contributed by atoms with Gasteiger partial charge in [-0.2, -0.15) is 0 Å². The Labute approximate surface area is 135 Å². The number of pyridine rings is 1. The zero-order chi connectivity index (χ0) is 16.1. The molecule has 1 amide bonds. The minimum atomic E-state index is -0.342. The number of rotatable bonds is 4. The summed E-state index contributed by atoms with van der Waals surface area (Å²) in [4.78, 5) is 16.6. The van der Waals surface area contributed by atoms with Gasteiger partial charge in [0.2, 0.25) is 5.91 Å². The van der Waals surface area contributed by atoms with Crippen molar-refractivity contribution in [3.63, 3.8) is 0 Å². The molecule has 0 radical (unpaired) electrons. The van der Waals surface area contributed by atoms with Crippen molar-refractivity contribution in [3.05, 3.63) is 48.7 Å². The Bertz CT molecular complexity index is 645. The number of nitrogens with one attached hydrogen (secondary N) is 3. The van der Waals surface area contributed by atoms with Crippen molar-refractivity contribution in [2.45, 2.75) is 19.1 Å². The van der Waals surface area contributed by atoms with Crippen molar-refractivity contribution >= 4 is 23.1 Å². The maximum absolute atomic E-state index is 12.3. The molecule has 1 aromatic heterocycles. The van der Waals surface area contributed by atoms with E-state index in [1.807, 2.05) is 49.4 Å². The number of ether oxygens (including phenoxy) is 1. The van der Waals surface area contributed by atoms with Gasteiger partial charge in [0, 0.05) is 12.2 Å². The average molecular weight is 312 g/mol. The van der Waals surface area contributed by atoms with Crippen LogP contribution in [0.5, 0.6) is 0 Å². The van der Waals surface area contributed by atoms with Gasteiger partial charge in [-0.05, 0) is 31.2 Å². The van der Waals surface area contributed by atoms with Gasteiger partial charge in [-0.3, -0.25) is 4.79 Å². The maximum atomic E-state index is 12.3. The summed E-state index contributed by atoms with van der Waals surface area (Å²) < 4.78 is 5.49. The van der Waals surface area contributed by atoms with Gasteiger partial charge in [0.25, 0.3) is 0 Å². The Hall–Kier alpha value is -2.44. The Morgan fingerprint density at radius 3 is 2.74 bits per heavy atom. The predicted octanol–water partition coefficient (Wildman–Crippen LogP) is 2.14. The highest BCUT2D eigenvalue weighted by atomic mass is 16.5. The zero-order valence-corrected chi connectivity index (χ0v) is 13.0. The molecular weight excluding hydrogens is 292 g/mol. The van der Waals surface area contributed by atoms with Crippen LogP contribution in [0.15, 0.2) is 48.7 Å². The van der Waals surface area contributed by atoms with E-state index in [1.54, 1.807) is 6.20 Å². The van der Waals surface area contributed by atoms with Crippen LogP contribution in [0.4, 0.5) is 17.2 Å². The smallest absolute Gasteiger partial charge is 0.244 e. The molecule has 6 heteroatoms. The van der Waals surface area contributed by atoms with Gasteiger partial charge in [0.15, 0.2) is 0 Å². The molecule has 0 unspecified atom stereocenters. The van der Waals surface area contributed by atoms with Crippen LogP contribution in [0.1, 0.15) is 6.92 Å². The Kier molecular flexibility index (Phi) is 4.85. The molecule has 1 aliphatic heterocycles. The molecule has 0 aliphatic carbocycles. The molecule has 0 spiro atoms. The second kappa shape index (κ2) is 7.21. The molecule has 2 atom stereocenters. The molecule has 1 aliphatic rings. The van der Waals surface area contributed by atoms with E-state index in [4.69, 9.17) is 4.74 Å². The van der Waals surface area contributed by atoms with Crippen molar-refractivity contribution in [2.75, 3.05) is 23.8 Å². The van der Waals surface area contributed by atoms with E-state index in [0.29, 0.717) is 18.8 Å². The molecule has 3 N–H and O–H groups in total. The lowest BCUT2D eigenvalue weighted by atomic mass is 10.1. The second-order valence-corrected chi connectivity index (χ2v) is 5.42. The van der Waals surface area contributed by atoms with Gasteiger partial charge in [0.05, 0.1) is 24.6 Å². The Morgan fingerprint density at radius 2 is 2.04 bits per heavy atom. The lowest BCUT2D eigenvalue weighted by Crippen LogP contribution is -2.53. The highest BCUT2D eigenvalue weighted by Gasteiger charge is 2.28. The van der Waals surface area contributed by atoms with Crippen molar-refractivity contribution in [1.82, 2.24) is 10.3 Å². The van der Waals surface area contributed by atoms with Crippen LogP contribution < -0.4 is 16.0 Å². The Morgan fingerprint density at radius 1 is 1.22 bits per heavy atom. The van der Waals surface area contributed by atoms with Gasteiger partial charge >= 0.3 is 0 Å². The quantitative estimate of drug-likeness (QED) is 0.806. The van der Waals surface area contributed by atoms with E-state index in [1.165, 1.54) is 0 Å². The first-order chi connectivity index (χ1) is 11.2. The van der Waals surface area contributed by atoms with Gasteiger partial charge in [-0.25, -0.2) is 4.98 Å². The number of carbonyl (C=O) groups excluding carboxylic acids is 1. The summed E-state index contributed by atoms with van der Waals surface area (Å²) in [5.74, 6) is 0.615. The third-order valence-electron chi connectivity index (χ3n) is 3.68. The highest BCUT2D eigenvalue weighted by molar-refractivity contribution is 5.95. The molecule has 1 fully saturated rings. The number of morpholine rings is 1. The maximum Gasteiger partial charge on any atom is 0.244 e. The van der Waals surface area contributed by atoms with Gasteiger partial charge in [-0.15, -0.1) is 0 Å². The molecule has 0 saturated carbocycles. The molecule has 0 bridgehead atoms. The van der Waals surface area contributed by atoms with Gasteiger partial charge in [0.1, 0.15) is 11.9 Å². The number of nitrogens with zero attached hydrogens (tertiary/aromatic N) is 1. The predicted molar refractivity (Wildman–Crippen MR) is 89.8 cm³/mol. The summed E-state index contributed by atoms with van der Waals surface area (Å²) >= 11 is 0.